The van der Waals surface area contributed by atoms with Gasteiger partial charge in [0.05, 0.1) is 0 Å². The molecule has 1 aromatic carbocycles. The molecule has 0 heterocycles. The van der Waals surface area contributed by atoms with Gasteiger partial charge in [-0.25, -0.2) is 0 Å². The fourth-order valence-electron chi connectivity index (χ4n) is 1.89. The molecule has 21 heavy (non-hydrogen) atoms. The summed E-state index contributed by atoms with van der Waals surface area (Å²) in [6.45, 7) is 3.48. The van der Waals surface area contributed by atoms with Crippen molar-refractivity contribution in [3.8, 4) is 0 Å². The van der Waals surface area contributed by atoms with E-state index in [0.29, 0.717) is 0 Å². The molecule has 0 unspecified atom stereocenters. The number of hydrogen-bond acceptors (Lipinski definition) is 3. The van der Waals surface area contributed by atoms with Crippen molar-refractivity contribution >= 4 is 23.5 Å². The van der Waals surface area contributed by atoms with Crippen LogP contribution in [-0.4, -0.2) is 29.4 Å². The van der Waals surface area contributed by atoms with Crippen LogP contribution in [0.5, 0.6) is 0 Å². The lowest BCUT2D eigenvalue weighted by molar-refractivity contribution is -0.138. The van der Waals surface area contributed by atoms with Gasteiger partial charge in [-0.15, -0.1) is 0 Å². The van der Waals surface area contributed by atoms with Crippen LogP contribution in [-0.2, 0) is 20.8 Å². The van der Waals surface area contributed by atoms with E-state index in [1.165, 1.54) is 0 Å². The van der Waals surface area contributed by atoms with Gasteiger partial charge in [0.25, 0.3) is 0 Å². The number of benzene rings is 1. The summed E-state index contributed by atoms with van der Waals surface area (Å²) in [5, 5.41) is 13.5. The molecule has 0 aliphatic carbocycles. The fourth-order valence-corrected chi connectivity index (χ4v) is 1.89. The van der Waals surface area contributed by atoms with Gasteiger partial charge in [0.2, 0.25) is 11.8 Å². The Bertz CT molecular complexity index is 540. The number of rotatable bonds is 7. The Morgan fingerprint density at radius 2 is 1.81 bits per heavy atom. The molecular formula is C15H20N2O4. The number of anilines is 1. The van der Waals surface area contributed by atoms with E-state index in [4.69, 9.17) is 5.11 Å². The number of carboxylic acids is 1. The topological polar surface area (TPSA) is 95.5 Å². The van der Waals surface area contributed by atoms with Crippen LogP contribution in [0.3, 0.4) is 0 Å². The van der Waals surface area contributed by atoms with Gasteiger partial charge in [0.15, 0.2) is 0 Å². The van der Waals surface area contributed by atoms with Crippen LogP contribution in [0.2, 0.25) is 0 Å². The number of hydrogen-bond donors (Lipinski definition) is 3. The first kappa shape index (κ1) is 16.7. The highest BCUT2D eigenvalue weighted by Gasteiger charge is 2.11. The van der Waals surface area contributed by atoms with Crippen molar-refractivity contribution in [1.82, 2.24) is 5.32 Å². The summed E-state index contributed by atoms with van der Waals surface area (Å²) >= 11 is 0. The van der Waals surface area contributed by atoms with Crippen LogP contribution in [0.15, 0.2) is 18.2 Å². The van der Waals surface area contributed by atoms with Crippen molar-refractivity contribution < 1.29 is 19.5 Å². The smallest absolute Gasteiger partial charge is 0.322 e. The van der Waals surface area contributed by atoms with E-state index in [2.05, 4.69) is 10.6 Å². The number of carboxylic acid groups (broad SMARTS) is 1. The molecule has 0 saturated carbocycles. The SMILES string of the molecule is CCc1cccc(C)c1NC(=O)CCC(=O)NCC(=O)O. The lowest BCUT2D eigenvalue weighted by atomic mass is 10.1. The quantitative estimate of drug-likeness (QED) is 0.709. The predicted octanol–water partition coefficient (Wildman–Crippen LogP) is 1.48. The monoisotopic (exact) mass is 292 g/mol. The van der Waals surface area contributed by atoms with Crippen molar-refractivity contribution in [2.75, 3.05) is 11.9 Å². The molecule has 0 aliphatic heterocycles. The standard InChI is InChI=1S/C15H20N2O4/c1-3-11-6-4-5-10(2)15(11)17-13(19)8-7-12(18)16-9-14(20)21/h4-6H,3,7-9H2,1-2H3,(H,16,18)(H,17,19)(H,20,21). The fraction of sp³-hybridized carbons (Fsp3) is 0.400. The number of nitrogens with one attached hydrogen (secondary N) is 2. The van der Waals surface area contributed by atoms with Gasteiger partial charge in [0, 0.05) is 18.5 Å². The number of para-hydroxylation sites is 1. The first-order valence-electron chi connectivity index (χ1n) is 6.80. The van der Waals surface area contributed by atoms with E-state index in [0.717, 1.165) is 23.2 Å². The Morgan fingerprint density at radius 1 is 1.14 bits per heavy atom. The lowest BCUT2D eigenvalue weighted by Gasteiger charge is -2.12. The molecule has 0 bridgehead atoms. The molecule has 2 amide bonds. The third-order valence-electron chi connectivity index (χ3n) is 3.02. The summed E-state index contributed by atoms with van der Waals surface area (Å²) in [4.78, 5) is 33.5. The van der Waals surface area contributed by atoms with E-state index in [9.17, 15) is 14.4 Å². The van der Waals surface area contributed by atoms with Gasteiger partial charge < -0.3 is 15.7 Å². The molecule has 0 fully saturated rings. The predicted molar refractivity (Wildman–Crippen MR) is 79.1 cm³/mol. The zero-order valence-electron chi connectivity index (χ0n) is 12.2. The minimum Gasteiger partial charge on any atom is -0.480 e. The Balaban J connectivity index is 2.51. The van der Waals surface area contributed by atoms with Crippen molar-refractivity contribution in [1.29, 1.82) is 0 Å². The molecule has 0 aromatic heterocycles. The second kappa shape index (κ2) is 8.04. The minimum absolute atomic E-state index is 0.0168. The van der Waals surface area contributed by atoms with Crippen LogP contribution in [0, 0.1) is 6.92 Å². The molecule has 0 radical (unpaired) electrons. The molecule has 0 saturated heterocycles. The van der Waals surface area contributed by atoms with Crippen LogP contribution in [0.1, 0.15) is 30.9 Å². The second-order valence-electron chi connectivity index (χ2n) is 4.68. The van der Waals surface area contributed by atoms with E-state index in [1.54, 1.807) is 0 Å². The van der Waals surface area contributed by atoms with E-state index in [-0.39, 0.29) is 18.7 Å². The summed E-state index contributed by atoms with van der Waals surface area (Å²) < 4.78 is 0. The van der Waals surface area contributed by atoms with Gasteiger partial charge in [0.1, 0.15) is 6.54 Å². The van der Waals surface area contributed by atoms with Gasteiger partial charge in [-0.2, -0.15) is 0 Å². The maximum Gasteiger partial charge on any atom is 0.322 e. The Labute approximate surface area is 123 Å². The van der Waals surface area contributed by atoms with E-state index >= 15 is 0 Å². The Hall–Kier alpha value is -2.37. The first-order valence-corrected chi connectivity index (χ1v) is 6.80. The van der Waals surface area contributed by atoms with Crippen LogP contribution in [0.25, 0.3) is 0 Å². The Morgan fingerprint density at radius 3 is 2.43 bits per heavy atom. The van der Waals surface area contributed by atoms with Crippen molar-refractivity contribution in [3.05, 3.63) is 29.3 Å². The first-order chi connectivity index (χ1) is 9.93. The molecule has 0 aliphatic rings. The molecule has 6 nitrogen and oxygen atoms in total. The van der Waals surface area contributed by atoms with E-state index in [1.807, 2.05) is 32.0 Å². The van der Waals surface area contributed by atoms with Crippen LogP contribution >= 0.6 is 0 Å². The van der Waals surface area contributed by atoms with Crippen LogP contribution in [0.4, 0.5) is 5.69 Å². The summed E-state index contributed by atoms with van der Waals surface area (Å²) in [5.74, 6) is -1.82. The number of carbonyl (C=O) groups excluding carboxylic acids is 2. The second-order valence-corrected chi connectivity index (χ2v) is 4.68. The summed E-state index contributed by atoms with van der Waals surface area (Å²) in [6, 6.07) is 5.79. The molecule has 3 N–H and O–H groups in total. The van der Waals surface area contributed by atoms with Crippen LogP contribution < -0.4 is 10.6 Å². The zero-order valence-corrected chi connectivity index (χ0v) is 12.2. The van der Waals surface area contributed by atoms with Gasteiger partial charge in [-0.1, -0.05) is 25.1 Å². The summed E-state index contributed by atoms with van der Waals surface area (Å²) in [6.07, 6.45) is 0.784. The lowest BCUT2D eigenvalue weighted by Crippen LogP contribution is -2.30. The average Bonchev–Trinajstić information content (AvgIpc) is 2.45. The minimum atomic E-state index is -1.11. The van der Waals surface area contributed by atoms with Gasteiger partial charge in [-0.05, 0) is 24.5 Å². The average molecular weight is 292 g/mol. The molecular weight excluding hydrogens is 272 g/mol. The third-order valence-corrected chi connectivity index (χ3v) is 3.02. The molecule has 114 valence electrons. The molecule has 6 heteroatoms. The Kier molecular flexibility index (Phi) is 6.39. The molecule has 0 atom stereocenters. The normalized spacial score (nSPS) is 10.0. The maximum atomic E-state index is 11.9. The molecule has 1 aromatic rings. The van der Waals surface area contributed by atoms with Crippen molar-refractivity contribution in [2.45, 2.75) is 33.1 Å². The highest BCUT2D eigenvalue weighted by atomic mass is 16.4. The summed E-state index contributed by atoms with van der Waals surface area (Å²) in [7, 11) is 0. The third kappa shape index (κ3) is 5.64. The molecule has 1 rings (SSSR count). The number of aryl methyl sites for hydroxylation is 2. The highest BCUT2D eigenvalue weighted by molar-refractivity contribution is 5.94. The highest BCUT2D eigenvalue weighted by Crippen LogP contribution is 2.21. The van der Waals surface area contributed by atoms with Crippen molar-refractivity contribution in [2.24, 2.45) is 0 Å². The number of amides is 2. The number of aliphatic carboxylic acids is 1. The van der Waals surface area contributed by atoms with E-state index < -0.39 is 18.4 Å². The van der Waals surface area contributed by atoms with Gasteiger partial charge in [-0.3, -0.25) is 14.4 Å². The largest absolute Gasteiger partial charge is 0.480 e. The molecule has 0 spiro atoms. The zero-order chi connectivity index (χ0) is 15.8. The van der Waals surface area contributed by atoms with Crippen molar-refractivity contribution in [3.63, 3.8) is 0 Å². The maximum absolute atomic E-state index is 11.9. The van der Waals surface area contributed by atoms with Gasteiger partial charge >= 0.3 is 5.97 Å². The summed E-state index contributed by atoms with van der Waals surface area (Å²) in [5.41, 5.74) is 2.80. The number of carbonyl (C=O) groups is 3.